The fraction of sp³-hybridized carbons (Fsp3) is 0.475. The molecule has 1 aliphatic heterocycles. The van der Waals surface area contributed by atoms with Crippen LogP contribution in [0.25, 0.3) is 17.0 Å². The Morgan fingerprint density at radius 1 is 1.08 bits per heavy atom. The molecule has 2 heterocycles. The van der Waals surface area contributed by atoms with Crippen LogP contribution in [-0.4, -0.2) is 93.2 Å². The Morgan fingerprint density at radius 3 is 2.50 bits per heavy atom. The molecule has 2 fully saturated rings. The number of nitrogens with zero attached hydrogens (tertiary/aromatic N) is 6. The van der Waals surface area contributed by atoms with E-state index in [9.17, 15) is 0 Å². The predicted octanol–water partition coefficient (Wildman–Crippen LogP) is 7.94. The van der Waals surface area contributed by atoms with Crippen molar-refractivity contribution in [3.8, 4) is 5.75 Å². The summed E-state index contributed by atoms with van der Waals surface area (Å²) in [6.45, 7) is 14.0. The third-order valence-electron chi connectivity index (χ3n) is 8.57. The van der Waals surface area contributed by atoms with Crippen LogP contribution in [0.1, 0.15) is 75.2 Å². The first-order valence-corrected chi connectivity index (χ1v) is 17.4. The number of aliphatic imine (C=N–C) groups is 1. The number of likely N-dealkylation sites (tertiary alicyclic amines) is 1. The minimum absolute atomic E-state index is 0.231. The Balaban J connectivity index is 0.000000307. The molecule has 258 valence electrons. The van der Waals surface area contributed by atoms with E-state index < -0.39 is 0 Å². The Hall–Kier alpha value is -4.01. The highest BCUT2D eigenvalue weighted by atomic mass is 16.5. The first kappa shape index (κ1) is 36.8. The Kier molecular flexibility index (Phi) is 13.8. The molecule has 0 amide bonds. The summed E-state index contributed by atoms with van der Waals surface area (Å²) in [7, 11) is 9.89. The fourth-order valence-electron chi connectivity index (χ4n) is 5.68. The number of rotatable bonds is 13. The zero-order valence-corrected chi connectivity index (χ0v) is 30.4. The van der Waals surface area contributed by atoms with E-state index in [1.807, 2.05) is 55.4 Å². The number of hydrogen-bond acceptors (Lipinski definition) is 7. The van der Waals surface area contributed by atoms with Gasteiger partial charge in [0.15, 0.2) is 5.82 Å². The van der Waals surface area contributed by atoms with Crippen molar-refractivity contribution in [2.24, 2.45) is 4.99 Å². The second-order valence-corrected chi connectivity index (χ2v) is 13.3. The van der Waals surface area contributed by atoms with Gasteiger partial charge in [-0.2, -0.15) is 0 Å². The maximum Gasteiger partial charge on any atom is 0.155 e. The van der Waals surface area contributed by atoms with Crippen molar-refractivity contribution in [2.75, 3.05) is 66.4 Å². The number of methoxy groups -OCH3 is 1. The average molecular weight is 653 g/mol. The summed E-state index contributed by atoms with van der Waals surface area (Å²) in [5, 5.41) is 1.04. The minimum atomic E-state index is 0.231. The van der Waals surface area contributed by atoms with Crippen molar-refractivity contribution >= 4 is 28.6 Å². The lowest BCUT2D eigenvalue weighted by molar-refractivity contribution is 0.0534. The van der Waals surface area contributed by atoms with Crippen LogP contribution < -0.4 is 9.64 Å². The second-order valence-electron chi connectivity index (χ2n) is 13.3. The zero-order valence-electron chi connectivity index (χ0n) is 30.4. The van der Waals surface area contributed by atoms with Gasteiger partial charge in [0, 0.05) is 39.1 Å². The fourth-order valence-corrected chi connectivity index (χ4v) is 5.68. The Labute approximate surface area is 288 Å². The van der Waals surface area contributed by atoms with Gasteiger partial charge in [0.1, 0.15) is 17.4 Å². The van der Waals surface area contributed by atoms with Gasteiger partial charge in [-0.25, -0.2) is 15.0 Å². The van der Waals surface area contributed by atoms with Crippen molar-refractivity contribution in [2.45, 2.75) is 64.4 Å². The maximum atomic E-state index is 6.04. The number of para-hydroxylation sites is 1. The van der Waals surface area contributed by atoms with Crippen LogP contribution in [0.5, 0.6) is 5.75 Å². The molecule has 8 heteroatoms. The number of ether oxygens (including phenoxy) is 2. The third-order valence-corrected chi connectivity index (χ3v) is 8.57. The van der Waals surface area contributed by atoms with Crippen LogP contribution in [0.4, 0.5) is 5.82 Å². The highest BCUT2D eigenvalue weighted by molar-refractivity contribution is 5.94. The molecule has 3 aromatic rings. The largest absolute Gasteiger partial charge is 0.496 e. The van der Waals surface area contributed by atoms with Gasteiger partial charge >= 0.3 is 0 Å². The molecule has 1 aromatic heterocycles. The van der Waals surface area contributed by atoms with Gasteiger partial charge in [0.2, 0.25) is 0 Å². The number of benzene rings is 2. The van der Waals surface area contributed by atoms with Gasteiger partial charge < -0.3 is 24.2 Å². The molecule has 0 bridgehead atoms. The molecule has 48 heavy (non-hydrogen) atoms. The highest BCUT2D eigenvalue weighted by Crippen LogP contribution is 2.44. The normalized spacial score (nSPS) is 17.0. The first-order valence-electron chi connectivity index (χ1n) is 17.4. The Bertz CT molecular complexity index is 1590. The van der Waals surface area contributed by atoms with Gasteiger partial charge in [0.05, 0.1) is 31.0 Å². The summed E-state index contributed by atoms with van der Waals surface area (Å²) in [6.07, 6.45) is 12.6. The molecule has 5 rings (SSSR count). The van der Waals surface area contributed by atoms with Gasteiger partial charge in [-0.1, -0.05) is 57.7 Å². The summed E-state index contributed by atoms with van der Waals surface area (Å²) >= 11 is 0. The summed E-state index contributed by atoms with van der Waals surface area (Å²) in [5.41, 5.74) is 4.57. The van der Waals surface area contributed by atoms with Crippen LogP contribution in [0.15, 0.2) is 78.0 Å². The molecule has 0 radical (unpaired) electrons. The standard InChI is InChI=1S/C27H38N6O.C13H18O/c1-7-11-21(28-26(8-2)33-17-16-22(20-33)34-19-18-31(3)4)14-15-25-29-24-13-10-9-12-23(24)27(30-25)32(5)6;1-9(2)11-6-7-12(10-4-5-10)13(8-11)14-3/h8-15,22H,2,7,16-20H2,1,3-6H3;6-10H,4-5H2,1-3H3/b15-14+,21-11+,28-26?;. The number of aromatic nitrogens is 2. The monoisotopic (exact) mass is 652 g/mol. The predicted molar refractivity (Wildman–Crippen MR) is 202 cm³/mol. The zero-order chi connectivity index (χ0) is 34.6. The van der Waals surface area contributed by atoms with Crippen molar-refractivity contribution in [1.82, 2.24) is 19.8 Å². The number of anilines is 1. The quantitative estimate of drug-likeness (QED) is 0.106. The van der Waals surface area contributed by atoms with Gasteiger partial charge in [0.25, 0.3) is 0 Å². The minimum Gasteiger partial charge on any atom is -0.496 e. The van der Waals surface area contributed by atoms with E-state index in [1.54, 1.807) is 7.11 Å². The third kappa shape index (κ3) is 10.5. The summed E-state index contributed by atoms with van der Waals surface area (Å²) < 4.78 is 11.5. The number of likely N-dealkylation sites (N-methyl/N-ethyl adjacent to an activating group) is 1. The number of fused-ring (bicyclic) bond motifs is 1. The van der Waals surface area contributed by atoms with E-state index in [1.165, 1.54) is 24.0 Å². The van der Waals surface area contributed by atoms with Crippen molar-refractivity contribution in [3.05, 3.63) is 89.9 Å². The van der Waals surface area contributed by atoms with Crippen LogP contribution in [0.3, 0.4) is 0 Å². The summed E-state index contributed by atoms with van der Waals surface area (Å²) in [6, 6.07) is 14.7. The van der Waals surface area contributed by atoms with E-state index in [4.69, 9.17) is 24.4 Å². The molecule has 0 spiro atoms. The lowest BCUT2D eigenvalue weighted by atomic mass is 9.99. The van der Waals surface area contributed by atoms with Crippen molar-refractivity contribution in [3.63, 3.8) is 0 Å². The number of allylic oxidation sites excluding steroid dienone is 2. The second kappa shape index (κ2) is 17.9. The molecule has 2 aromatic carbocycles. The Morgan fingerprint density at radius 2 is 1.85 bits per heavy atom. The van der Waals surface area contributed by atoms with Gasteiger partial charge in [-0.05, 0) is 99.2 Å². The molecular weight excluding hydrogens is 596 g/mol. The van der Waals surface area contributed by atoms with Crippen molar-refractivity contribution in [1.29, 1.82) is 0 Å². The molecule has 1 aliphatic carbocycles. The van der Waals surface area contributed by atoms with Crippen LogP contribution in [-0.2, 0) is 4.74 Å². The van der Waals surface area contributed by atoms with Crippen LogP contribution in [0, 0.1) is 0 Å². The molecule has 2 aliphatic rings. The molecule has 1 saturated heterocycles. The molecule has 0 N–H and O–H groups in total. The number of amidine groups is 1. The molecule has 8 nitrogen and oxygen atoms in total. The van der Waals surface area contributed by atoms with E-state index >= 15 is 0 Å². The van der Waals surface area contributed by atoms with Gasteiger partial charge in [-0.15, -0.1) is 0 Å². The van der Waals surface area contributed by atoms with E-state index in [2.05, 4.69) is 81.6 Å². The van der Waals surface area contributed by atoms with Crippen LogP contribution in [0.2, 0.25) is 0 Å². The maximum absolute atomic E-state index is 6.04. The average Bonchev–Trinajstić information content (AvgIpc) is 3.82. The van der Waals surface area contributed by atoms with Gasteiger partial charge in [-0.3, -0.25) is 0 Å². The lowest BCUT2D eigenvalue weighted by Gasteiger charge is -2.19. The molecular formula is C40H56N6O2. The van der Waals surface area contributed by atoms with E-state index in [0.717, 1.165) is 79.0 Å². The first-order chi connectivity index (χ1) is 23.1. The SMILES string of the molecule is C=CC(=NC(/C=C/c1nc(N(C)C)c2ccccc2n1)=C/CC)N1CCC(OCCN(C)C)C1.COc1cc(C(C)C)ccc1C1CC1. The lowest BCUT2D eigenvalue weighted by Crippen LogP contribution is -2.30. The summed E-state index contributed by atoms with van der Waals surface area (Å²) in [5.74, 6) is 4.87. The number of hydrogen-bond donors (Lipinski definition) is 0. The molecule has 1 saturated carbocycles. The summed E-state index contributed by atoms with van der Waals surface area (Å²) in [4.78, 5) is 20.8. The molecule has 1 unspecified atom stereocenters. The topological polar surface area (TPSA) is 66.3 Å². The van der Waals surface area contributed by atoms with Crippen molar-refractivity contribution < 1.29 is 9.47 Å². The van der Waals surface area contributed by atoms with E-state index in [-0.39, 0.29) is 6.10 Å². The molecule has 1 atom stereocenters. The van der Waals surface area contributed by atoms with E-state index in [0.29, 0.717) is 11.7 Å². The highest BCUT2D eigenvalue weighted by Gasteiger charge is 2.27. The van der Waals surface area contributed by atoms with Crippen LogP contribution >= 0.6 is 0 Å². The smallest absolute Gasteiger partial charge is 0.155 e.